The van der Waals surface area contributed by atoms with E-state index in [1.807, 2.05) is 30.3 Å². The van der Waals surface area contributed by atoms with Crippen molar-refractivity contribution in [3.05, 3.63) is 41.6 Å². The molecule has 1 rings (SSSR count). The topological polar surface area (TPSA) is 103 Å². The van der Waals surface area contributed by atoms with E-state index in [2.05, 4.69) is 22.9 Å². The number of carbonyl (C=O) groups is 2. The Bertz CT molecular complexity index is 713. The van der Waals surface area contributed by atoms with Crippen LogP contribution in [0.15, 0.2) is 36.0 Å². The van der Waals surface area contributed by atoms with Crippen molar-refractivity contribution in [3.63, 3.8) is 0 Å². The first-order valence-electron chi connectivity index (χ1n) is 9.46. The number of aryl methyl sites for hydroxylation is 1. The van der Waals surface area contributed by atoms with Crippen LogP contribution in [-0.4, -0.2) is 30.7 Å². The van der Waals surface area contributed by atoms with E-state index in [-0.39, 0.29) is 5.57 Å². The third kappa shape index (κ3) is 9.62. The fraction of sp³-hybridized carbons (Fsp3) is 0.476. The van der Waals surface area contributed by atoms with Gasteiger partial charge in [-0.2, -0.15) is 5.26 Å². The van der Waals surface area contributed by atoms with Gasteiger partial charge in [0.25, 0.3) is 5.91 Å². The predicted molar refractivity (Wildman–Crippen MR) is 110 cm³/mol. The van der Waals surface area contributed by atoms with Crippen LogP contribution in [0.4, 0.5) is 10.5 Å². The van der Waals surface area contributed by atoms with Crippen LogP contribution in [0.25, 0.3) is 0 Å². The van der Waals surface area contributed by atoms with Crippen LogP contribution < -0.4 is 16.0 Å². The first-order valence-corrected chi connectivity index (χ1v) is 9.46. The molecule has 1 aromatic rings. The van der Waals surface area contributed by atoms with E-state index in [0.717, 1.165) is 19.3 Å². The number of nitrogens with zero attached hydrogens (tertiary/aromatic N) is 1. The molecule has 0 spiro atoms. The van der Waals surface area contributed by atoms with Gasteiger partial charge in [-0.3, -0.25) is 4.79 Å². The van der Waals surface area contributed by atoms with Crippen molar-refractivity contribution in [2.24, 2.45) is 0 Å². The second kappa shape index (κ2) is 11.7. The summed E-state index contributed by atoms with van der Waals surface area (Å²) in [5.41, 5.74) is 1.25. The third-order valence-electron chi connectivity index (χ3n) is 3.58. The second-order valence-corrected chi connectivity index (χ2v) is 7.31. The minimum absolute atomic E-state index is 0.0488. The van der Waals surface area contributed by atoms with E-state index >= 15 is 0 Å². The van der Waals surface area contributed by atoms with Crippen LogP contribution in [0.3, 0.4) is 0 Å². The number of benzene rings is 1. The van der Waals surface area contributed by atoms with E-state index < -0.39 is 17.6 Å². The van der Waals surface area contributed by atoms with E-state index in [1.54, 1.807) is 20.8 Å². The van der Waals surface area contributed by atoms with Gasteiger partial charge < -0.3 is 20.7 Å². The highest BCUT2D eigenvalue weighted by molar-refractivity contribution is 6.06. The van der Waals surface area contributed by atoms with Crippen molar-refractivity contribution in [2.75, 3.05) is 18.4 Å². The molecule has 0 saturated heterocycles. The van der Waals surface area contributed by atoms with E-state index in [0.29, 0.717) is 18.8 Å². The van der Waals surface area contributed by atoms with Crippen LogP contribution in [0.2, 0.25) is 0 Å². The van der Waals surface area contributed by atoms with Crippen molar-refractivity contribution in [3.8, 4) is 6.07 Å². The summed E-state index contributed by atoms with van der Waals surface area (Å²) >= 11 is 0. The van der Waals surface area contributed by atoms with Gasteiger partial charge in [0.05, 0.1) is 0 Å². The molecular formula is C21H30N4O3. The summed E-state index contributed by atoms with van der Waals surface area (Å²) in [5, 5.41) is 17.3. The van der Waals surface area contributed by atoms with Gasteiger partial charge in [0.15, 0.2) is 0 Å². The summed E-state index contributed by atoms with van der Waals surface area (Å²) in [5.74, 6) is -0.489. The molecule has 0 radical (unpaired) electrons. The molecule has 2 amide bonds. The molecule has 0 fully saturated rings. The molecule has 0 aromatic heterocycles. The Kier molecular flexibility index (Phi) is 9.58. The molecule has 7 heteroatoms. The third-order valence-corrected chi connectivity index (χ3v) is 3.58. The quantitative estimate of drug-likeness (QED) is 0.342. The van der Waals surface area contributed by atoms with Gasteiger partial charge in [0.2, 0.25) is 0 Å². The van der Waals surface area contributed by atoms with Crippen molar-refractivity contribution in [2.45, 2.75) is 52.6 Å². The highest BCUT2D eigenvalue weighted by atomic mass is 16.6. The lowest BCUT2D eigenvalue weighted by molar-refractivity contribution is -0.112. The maximum absolute atomic E-state index is 12.2. The first kappa shape index (κ1) is 23.0. The molecule has 0 bridgehead atoms. The zero-order valence-electron chi connectivity index (χ0n) is 17.1. The average Bonchev–Trinajstić information content (AvgIpc) is 2.62. The van der Waals surface area contributed by atoms with Crippen LogP contribution >= 0.6 is 0 Å². The van der Waals surface area contributed by atoms with Gasteiger partial charge in [-0.05, 0) is 51.3 Å². The number of amides is 2. The number of hydrogen-bond donors (Lipinski definition) is 3. The molecule has 0 saturated carbocycles. The normalized spacial score (nSPS) is 11.3. The molecule has 0 aliphatic carbocycles. The minimum Gasteiger partial charge on any atom is -0.444 e. The second-order valence-electron chi connectivity index (χ2n) is 7.31. The summed E-state index contributed by atoms with van der Waals surface area (Å²) in [6.07, 6.45) is 4.09. The molecule has 0 atom stereocenters. The lowest BCUT2D eigenvalue weighted by Crippen LogP contribution is -2.35. The maximum Gasteiger partial charge on any atom is 0.407 e. The Balaban J connectivity index is 2.44. The van der Waals surface area contributed by atoms with Crippen molar-refractivity contribution >= 4 is 17.7 Å². The van der Waals surface area contributed by atoms with Gasteiger partial charge in [0, 0.05) is 25.0 Å². The fourth-order valence-corrected chi connectivity index (χ4v) is 2.21. The van der Waals surface area contributed by atoms with E-state index in [9.17, 15) is 14.9 Å². The lowest BCUT2D eigenvalue weighted by atomic mass is 10.1. The highest BCUT2D eigenvalue weighted by Crippen LogP contribution is 2.12. The summed E-state index contributed by atoms with van der Waals surface area (Å²) in [7, 11) is 0. The Labute approximate surface area is 167 Å². The number of hydrogen-bond acceptors (Lipinski definition) is 5. The number of alkyl carbamates (subject to hydrolysis) is 1. The monoisotopic (exact) mass is 386 g/mol. The fourth-order valence-electron chi connectivity index (χ4n) is 2.21. The number of carbonyl (C=O) groups excluding carboxylic acids is 2. The molecule has 0 aliphatic heterocycles. The van der Waals surface area contributed by atoms with Crippen LogP contribution in [0.1, 0.15) is 46.1 Å². The smallest absolute Gasteiger partial charge is 0.407 e. The molecule has 0 heterocycles. The van der Waals surface area contributed by atoms with Crippen molar-refractivity contribution in [1.82, 2.24) is 10.6 Å². The molecule has 0 aliphatic rings. The Morgan fingerprint density at radius 2 is 1.86 bits per heavy atom. The molecule has 0 unspecified atom stereocenters. The van der Waals surface area contributed by atoms with Crippen LogP contribution in [-0.2, 0) is 16.0 Å². The summed E-state index contributed by atoms with van der Waals surface area (Å²) < 4.78 is 5.11. The average molecular weight is 386 g/mol. The van der Waals surface area contributed by atoms with Gasteiger partial charge >= 0.3 is 6.09 Å². The highest BCUT2D eigenvalue weighted by Gasteiger charge is 2.15. The number of rotatable bonds is 9. The zero-order chi connectivity index (χ0) is 21.0. The zero-order valence-corrected chi connectivity index (χ0v) is 17.1. The Hall–Kier alpha value is -3.01. The largest absolute Gasteiger partial charge is 0.444 e. The lowest BCUT2D eigenvalue weighted by Gasteiger charge is -2.19. The number of ether oxygens (including phenoxy) is 1. The van der Waals surface area contributed by atoms with E-state index in [4.69, 9.17) is 4.74 Å². The van der Waals surface area contributed by atoms with Gasteiger partial charge in [-0.25, -0.2) is 4.79 Å². The molecule has 28 heavy (non-hydrogen) atoms. The predicted octanol–water partition coefficient (Wildman–Crippen LogP) is 3.49. The summed E-state index contributed by atoms with van der Waals surface area (Å²) in [6, 6.07) is 9.47. The molecule has 7 nitrogen and oxygen atoms in total. The SMILES string of the molecule is CCCCc1ccc(NC(=O)/C(C#N)=C\NCCNC(=O)OC(C)(C)C)cc1. The number of nitrogens with one attached hydrogen (secondary N) is 3. The standard InChI is InChI=1S/C21H30N4O3/c1-5-6-7-16-8-10-18(11-9-16)25-19(26)17(14-22)15-23-12-13-24-20(27)28-21(2,3)4/h8-11,15,23H,5-7,12-13H2,1-4H3,(H,24,27)(H,25,26)/b17-15-. The van der Waals surface area contributed by atoms with Gasteiger partial charge in [-0.1, -0.05) is 25.5 Å². The number of nitriles is 1. The molecular weight excluding hydrogens is 356 g/mol. The van der Waals surface area contributed by atoms with Gasteiger partial charge in [-0.15, -0.1) is 0 Å². The van der Waals surface area contributed by atoms with Crippen molar-refractivity contribution < 1.29 is 14.3 Å². The van der Waals surface area contributed by atoms with Crippen molar-refractivity contribution in [1.29, 1.82) is 5.26 Å². The molecule has 152 valence electrons. The Morgan fingerprint density at radius 1 is 1.18 bits per heavy atom. The van der Waals surface area contributed by atoms with Crippen LogP contribution in [0.5, 0.6) is 0 Å². The van der Waals surface area contributed by atoms with E-state index in [1.165, 1.54) is 11.8 Å². The first-order chi connectivity index (χ1) is 13.2. The maximum atomic E-state index is 12.2. The molecule has 3 N–H and O–H groups in total. The van der Waals surface area contributed by atoms with Crippen LogP contribution in [0, 0.1) is 11.3 Å². The molecule has 1 aromatic carbocycles. The summed E-state index contributed by atoms with van der Waals surface area (Å²) in [4.78, 5) is 23.7. The van der Waals surface area contributed by atoms with Gasteiger partial charge in [0.1, 0.15) is 17.2 Å². The summed E-state index contributed by atoms with van der Waals surface area (Å²) in [6.45, 7) is 8.14. The number of unbranched alkanes of at least 4 members (excludes halogenated alkanes) is 1. The number of anilines is 1. The Morgan fingerprint density at radius 3 is 2.43 bits per heavy atom. The minimum atomic E-state index is -0.558.